The first-order valence-electron chi connectivity index (χ1n) is 5.13. The summed E-state index contributed by atoms with van der Waals surface area (Å²) in [6, 6.07) is 0.767. The third-order valence-corrected chi connectivity index (χ3v) is 3.06. The number of ether oxygens (including phenoxy) is 1. The lowest BCUT2D eigenvalue weighted by molar-refractivity contribution is 0.146. The highest BCUT2D eigenvalue weighted by atomic mass is 16.5. The van der Waals surface area contributed by atoms with Gasteiger partial charge in [0.05, 0.1) is 6.61 Å². The molecule has 0 aliphatic carbocycles. The van der Waals surface area contributed by atoms with Crippen molar-refractivity contribution in [2.75, 3.05) is 26.8 Å². The van der Waals surface area contributed by atoms with Crippen molar-refractivity contribution in [1.29, 1.82) is 0 Å². The third-order valence-electron chi connectivity index (χ3n) is 3.06. The van der Waals surface area contributed by atoms with Crippen LogP contribution in [-0.2, 0) is 4.74 Å². The van der Waals surface area contributed by atoms with Gasteiger partial charge in [-0.15, -0.1) is 0 Å². The maximum Gasteiger partial charge on any atom is 0.0503 e. The molecule has 0 bridgehead atoms. The largest absolute Gasteiger partial charge is 0.384 e. The van der Waals surface area contributed by atoms with Crippen LogP contribution >= 0.6 is 0 Å². The second-order valence-electron chi connectivity index (χ2n) is 4.20. The predicted molar refractivity (Wildman–Crippen MR) is 54.7 cm³/mol. The third kappa shape index (κ3) is 2.93. The van der Waals surface area contributed by atoms with E-state index in [0.29, 0.717) is 12.0 Å². The molecular formula is C10H22N2O. The van der Waals surface area contributed by atoms with Crippen LogP contribution in [0.25, 0.3) is 0 Å². The summed E-state index contributed by atoms with van der Waals surface area (Å²) < 4.78 is 5.16. The quantitative estimate of drug-likeness (QED) is 0.702. The summed E-state index contributed by atoms with van der Waals surface area (Å²) in [5, 5.41) is 0. The SMILES string of the molecule is COCC1CCN(C(C)C(C)N)C1. The zero-order valence-electron chi connectivity index (χ0n) is 8.99. The monoisotopic (exact) mass is 186 g/mol. The molecule has 0 spiro atoms. The van der Waals surface area contributed by atoms with Crippen molar-refractivity contribution >= 4 is 0 Å². The van der Waals surface area contributed by atoms with Gasteiger partial charge in [-0.2, -0.15) is 0 Å². The van der Waals surface area contributed by atoms with Crippen LogP contribution in [0.15, 0.2) is 0 Å². The minimum absolute atomic E-state index is 0.265. The van der Waals surface area contributed by atoms with Crippen molar-refractivity contribution in [3.05, 3.63) is 0 Å². The van der Waals surface area contributed by atoms with Gasteiger partial charge in [-0.05, 0) is 32.7 Å². The molecule has 1 saturated heterocycles. The van der Waals surface area contributed by atoms with E-state index >= 15 is 0 Å². The summed E-state index contributed by atoms with van der Waals surface area (Å²) in [7, 11) is 1.78. The second-order valence-corrected chi connectivity index (χ2v) is 4.20. The van der Waals surface area contributed by atoms with Gasteiger partial charge in [-0.1, -0.05) is 0 Å². The van der Waals surface area contributed by atoms with Crippen LogP contribution in [0.2, 0.25) is 0 Å². The van der Waals surface area contributed by atoms with Gasteiger partial charge in [0.1, 0.15) is 0 Å². The minimum Gasteiger partial charge on any atom is -0.384 e. The van der Waals surface area contributed by atoms with Crippen LogP contribution in [0.3, 0.4) is 0 Å². The van der Waals surface area contributed by atoms with Gasteiger partial charge in [0.2, 0.25) is 0 Å². The van der Waals surface area contributed by atoms with Gasteiger partial charge < -0.3 is 10.5 Å². The molecule has 78 valence electrons. The smallest absolute Gasteiger partial charge is 0.0503 e. The molecular weight excluding hydrogens is 164 g/mol. The van der Waals surface area contributed by atoms with E-state index in [4.69, 9.17) is 10.5 Å². The fourth-order valence-electron chi connectivity index (χ4n) is 1.94. The number of nitrogens with zero attached hydrogens (tertiary/aromatic N) is 1. The molecule has 0 saturated carbocycles. The minimum atomic E-state index is 0.265. The van der Waals surface area contributed by atoms with E-state index in [1.165, 1.54) is 13.0 Å². The molecule has 1 fully saturated rings. The Bertz CT molecular complexity index is 150. The summed E-state index contributed by atoms with van der Waals surface area (Å²) >= 11 is 0. The summed E-state index contributed by atoms with van der Waals surface area (Å²) in [6.07, 6.45) is 1.25. The van der Waals surface area contributed by atoms with E-state index in [2.05, 4.69) is 18.7 Å². The Morgan fingerprint density at radius 2 is 2.23 bits per heavy atom. The van der Waals surface area contributed by atoms with E-state index in [-0.39, 0.29) is 6.04 Å². The van der Waals surface area contributed by atoms with Gasteiger partial charge >= 0.3 is 0 Å². The number of hydrogen-bond acceptors (Lipinski definition) is 3. The Morgan fingerprint density at radius 1 is 1.54 bits per heavy atom. The highest BCUT2D eigenvalue weighted by molar-refractivity contribution is 4.82. The molecule has 0 radical (unpaired) electrons. The highest BCUT2D eigenvalue weighted by Gasteiger charge is 2.27. The lowest BCUT2D eigenvalue weighted by Gasteiger charge is -2.27. The first-order chi connectivity index (χ1) is 6.15. The highest BCUT2D eigenvalue weighted by Crippen LogP contribution is 2.19. The number of likely N-dealkylation sites (tertiary alicyclic amines) is 1. The Kier molecular flexibility index (Phi) is 4.16. The van der Waals surface area contributed by atoms with Crippen LogP contribution in [0, 0.1) is 5.92 Å². The molecule has 0 amide bonds. The fourth-order valence-corrected chi connectivity index (χ4v) is 1.94. The molecule has 3 heteroatoms. The Morgan fingerprint density at radius 3 is 2.77 bits per heavy atom. The predicted octanol–water partition coefficient (Wildman–Crippen LogP) is 0.690. The molecule has 0 aromatic heterocycles. The molecule has 1 aliphatic heterocycles. The first-order valence-corrected chi connectivity index (χ1v) is 5.13. The number of methoxy groups -OCH3 is 1. The van der Waals surface area contributed by atoms with Gasteiger partial charge in [-0.25, -0.2) is 0 Å². The van der Waals surface area contributed by atoms with Gasteiger partial charge in [0.15, 0.2) is 0 Å². The second kappa shape index (κ2) is 4.94. The molecule has 1 heterocycles. The Labute approximate surface area is 81.2 Å². The summed E-state index contributed by atoms with van der Waals surface area (Å²) in [5.41, 5.74) is 5.86. The standard InChI is InChI=1S/C10H22N2O/c1-8(11)9(2)12-5-4-10(6-12)7-13-3/h8-10H,4-7,11H2,1-3H3. The topological polar surface area (TPSA) is 38.5 Å². The number of rotatable bonds is 4. The van der Waals surface area contributed by atoms with E-state index in [0.717, 1.165) is 13.2 Å². The average Bonchev–Trinajstić information content (AvgIpc) is 2.52. The Balaban J connectivity index is 2.31. The molecule has 3 unspecified atom stereocenters. The van der Waals surface area contributed by atoms with Crippen molar-refractivity contribution in [2.45, 2.75) is 32.4 Å². The molecule has 3 nitrogen and oxygen atoms in total. The van der Waals surface area contributed by atoms with E-state index in [9.17, 15) is 0 Å². The van der Waals surface area contributed by atoms with Gasteiger partial charge in [0.25, 0.3) is 0 Å². The summed E-state index contributed by atoms with van der Waals surface area (Å²) in [6.45, 7) is 7.50. The maximum absolute atomic E-state index is 5.86. The zero-order valence-corrected chi connectivity index (χ0v) is 8.99. The molecule has 1 rings (SSSR count). The lowest BCUT2D eigenvalue weighted by Crippen LogP contribution is -2.43. The first kappa shape index (κ1) is 11.0. The van der Waals surface area contributed by atoms with Crippen molar-refractivity contribution in [3.63, 3.8) is 0 Å². The summed E-state index contributed by atoms with van der Waals surface area (Å²) in [4.78, 5) is 2.47. The van der Waals surface area contributed by atoms with Crippen LogP contribution in [0.5, 0.6) is 0 Å². The fraction of sp³-hybridized carbons (Fsp3) is 1.00. The molecule has 13 heavy (non-hydrogen) atoms. The molecule has 0 aromatic rings. The van der Waals surface area contributed by atoms with Crippen molar-refractivity contribution in [1.82, 2.24) is 4.90 Å². The van der Waals surface area contributed by atoms with Crippen molar-refractivity contribution in [3.8, 4) is 0 Å². The maximum atomic E-state index is 5.86. The zero-order chi connectivity index (χ0) is 9.84. The van der Waals surface area contributed by atoms with Crippen molar-refractivity contribution in [2.24, 2.45) is 11.7 Å². The molecule has 0 aromatic carbocycles. The lowest BCUT2D eigenvalue weighted by atomic mass is 10.1. The molecule has 1 aliphatic rings. The molecule has 2 N–H and O–H groups in total. The van der Waals surface area contributed by atoms with Gasteiger partial charge in [-0.3, -0.25) is 4.90 Å². The Hall–Kier alpha value is -0.120. The normalized spacial score (nSPS) is 29.1. The van der Waals surface area contributed by atoms with Gasteiger partial charge in [0, 0.05) is 25.7 Å². The van der Waals surface area contributed by atoms with E-state index in [1.54, 1.807) is 7.11 Å². The van der Waals surface area contributed by atoms with Crippen LogP contribution < -0.4 is 5.73 Å². The van der Waals surface area contributed by atoms with Crippen LogP contribution in [0.4, 0.5) is 0 Å². The average molecular weight is 186 g/mol. The van der Waals surface area contributed by atoms with E-state index < -0.39 is 0 Å². The molecule has 3 atom stereocenters. The summed E-state index contributed by atoms with van der Waals surface area (Å²) in [5.74, 6) is 0.714. The number of hydrogen-bond donors (Lipinski definition) is 1. The van der Waals surface area contributed by atoms with Crippen LogP contribution in [-0.4, -0.2) is 43.8 Å². The number of nitrogens with two attached hydrogens (primary N) is 1. The van der Waals surface area contributed by atoms with E-state index in [1.807, 2.05) is 0 Å². The van der Waals surface area contributed by atoms with Crippen molar-refractivity contribution < 1.29 is 4.74 Å². The van der Waals surface area contributed by atoms with Crippen LogP contribution in [0.1, 0.15) is 20.3 Å².